The maximum absolute atomic E-state index is 11.0. The minimum absolute atomic E-state index is 0.0699. The van der Waals surface area contributed by atoms with Crippen LogP contribution in [-0.2, 0) is 6.67 Å². The summed E-state index contributed by atoms with van der Waals surface area (Å²) in [5.74, 6) is 0. The summed E-state index contributed by atoms with van der Waals surface area (Å²) in [7, 11) is 0. The molecule has 0 aliphatic rings. The fraction of sp³-hybridized carbons (Fsp3) is 0.200. The lowest BCUT2D eigenvalue weighted by Gasteiger charge is -1.97. The Hall–Kier alpha value is -1.52. The molecular formula is C5H4ClN5O. The summed E-state index contributed by atoms with van der Waals surface area (Å²) in [5.41, 5.74) is 7.62. The molecule has 0 unspecified atom stereocenters. The first-order valence-corrected chi connectivity index (χ1v) is 3.34. The van der Waals surface area contributed by atoms with Crippen LogP contribution in [-0.4, -0.2) is 9.55 Å². The Kier molecular flexibility index (Phi) is 2.68. The molecule has 0 atom stereocenters. The van der Waals surface area contributed by atoms with Crippen LogP contribution in [0.5, 0.6) is 0 Å². The fourth-order valence-corrected chi connectivity index (χ4v) is 0.743. The molecule has 1 aromatic rings. The third-order valence-electron chi connectivity index (χ3n) is 1.12. The average Bonchev–Trinajstić information content (AvgIpc) is 2.03. The third-order valence-corrected chi connectivity index (χ3v) is 1.33. The first kappa shape index (κ1) is 8.58. The van der Waals surface area contributed by atoms with Crippen LogP contribution in [0.3, 0.4) is 0 Å². The lowest BCUT2D eigenvalue weighted by atomic mass is 10.6. The van der Waals surface area contributed by atoms with Crippen molar-refractivity contribution in [1.29, 1.82) is 0 Å². The van der Waals surface area contributed by atoms with Crippen molar-refractivity contribution in [3.8, 4) is 0 Å². The zero-order valence-corrected chi connectivity index (χ0v) is 6.64. The van der Waals surface area contributed by atoms with Gasteiger partial charge in [0.25, 0.3) is 5.56 Å². The second-order valence-corrected chi connectivity index (χ2v) is 2.28. The molecule has 1 heterocycles. The smallest absolute Gasteiger partial charge is 0.254 e. The number of rotatable bonds is 2. The third kappa shape index (κ3) is 1.98. The summed E-state index contributed by atoms with van der Waals surface area (Å²) in [5, 5.41) is 3.32. The van der Waals surface area contributed by atoms with Gasteiger partial charge in [0.2, 0.25) is 0 Å². The van der Waals surface area contributed by atoms with Crippen molar-refractivity contribution < 1.29 is 0 Å². The topological polar surface area (TPSA) is 83.7 Å². The molecule has 62 valence electrons. The number of hydrogen-bond acceptors (Lipinski definition) is 3. The van der Waals surface area contributed by atoms with Crippen molar-refractivity contribution >= 4 is 11.6 Å². The van der Waals surface area contributed by atoms with Crippen LogP contribution in [0.4, 0.5) is 0 Å². The summed E-state index contributed by atoms with van der Waals surface area (Å²) in [6.45, 7) is -0.0699. The number of aromatic nitrogens is 2. The molecule has 0 fully saturated rings. The van der Waals surface area contributed by atoms with Crippen LogP contribution in [0.25, 0.3) is 10.4 Å². The Morgan fingerprint density at radius 2 is 2.58 bits per heavy atom. The molecule has 6 nitrogen and oxygen atoms in total. The van der Waals surface area contributed by atoms with E-state index in [4.69, 9.17) is 17.1 Å². The minimum Gasteiger partial charge on any atom is -0.293 e. The Labute approximate surface area is 72.0 Å². The van der Waals surface area contributed by atoms with Crippen molar-refractivity contribution in [2.45, 2.75) is 6.67 Å². The van der Waals surface area contributed by atoms with Crippen LogP contribution in [0.1, 0.15) is 0 Å². The van der Waals surface area contributed by atoms with Gasteiger partial charge in [0.1, 0.15) is 11.8 Å². The van der Waals surface area contributed by atoms with Gasteiger partial charge in [0.05, 0.1) is 6.33 Å². The van der Waals surface area contributed by atoms with E-state index >= 15 is 0 Å². The van der Waals surface area contributed by atoms with E-state index < -0.39 is 0 Å². The van der Waals surface area contributed by atoms with Gasteiger partial charge in [0.15, 0.2) is 0 Å². The van der Waals surface area contributed by atoms with Crippen molar-refractivity contribution in [1.82, 2.24) is 9.55 Å². The van der Waals surface area contributed by atoms with Crippen molar-refractivity contribution in [3.63, 3.8) is 0 Å². The summed E-state index contributed by atoms with van der Waals surface area (Å²) < 4.78 is 1.14. The summed E-state index contributed by atoms with van der Waals surface area (Å²) >= 11 is 5.42. The van der Waals surface area contributed by atoms with Crippen LogP contribution in [0.2, 0.25) is 5.15 Å². The molecule has 0 aromatic carbocycles. The van der Waals surface area contributed by atoms with E-state index in [1.165, 1.54) is 6.33 Å². The Bertz CT molecular complexity index is 380. The SMILES string of the molecule is [N-]=[N+]=NCn1cnc(Cl)cc1=O. The van der Waals surface area contributed by atoms with E-state index in [0.717, 1.165) is 10.6 Å². The number of halogens is 1. The standard InChI is InChI=1S/C5H4ClN5O/c6-4-1-5(12)11(2-8-4)3-9-10-7/h1-2H,3H2. The number of hydrogen-bond donors (Lipinski definition) is 0. The van der Waals surface area contributed by atoms with E-state index in [0.29, 0.717) is 0 Å². The molecule has 12 heavy (non-hydrogen) atoms. The highest BCUT2D eigenvalue weighted by atomic mass is 35.5. The van der Waals surface area contributed by atoms with Gasteiger partial charge < -0.3 is 0 Å². The van der Waals surface area contributed by atoms with Gasteiger partial charge in [-0.2, -0.15) is 0 Å². The highest BCUT2D eigenvalue weighted by Crippen LogP contribution is 1.96. The summed E-state index contributed by atoms with van der Waals surface area (Å²) in [6, 6.07) is 1.15. The maximum Gasteiger partial charge on any atom is 0.254 e. The highest BCUT2D eigenvalue weighted by molar-refractivity contribution is 6.29. The molecule has 0 saturated heterocycles. The van der Waals surface area contributed by atoms with Gasteiger partial charge in [-0.25, -0.2) is 4.98 Å². The Balaban J connectivity index is 3.01. The number of nitrogens with zero attached hydrogens (tertiary/aromatic N) is 5. The lowest BCUT2D eigenvalue weighted by Crippen LogP contribution is -2.18. The average molecular weight is 186 g/mol. The van der Waals surface area contributed by atoms with Crippen molar-refractivity contribution in [2.75, 3.05) is 0 Å². The molecule has 0 radical (unpaired) electrons. The predicted octanol–water partition coefficient (Wildman–Crippen LogP) is 1.16. The molecule has 0 saturated carbocycles. The first-order chi connectivity index (χ1) is 5.74. The Morgan fingerprint density at radius 3 is 3.17 bits per heavy atom. The molecule has 0 amide bonds. The van der Waals surface area contributed by atoms with E-state index in [9.17, 15) is 4.79 Å². The molecule has 7 heteroatoms. The van der Waals surface area contributed by atoms with Gasteiger partial charge in [-0.1, -0.05) is 16.7 Å². The van der Waals surface area contributed by atoms with E-state index in [2.05, 4.69) is 15.0 Å². The van der Waals surface area contributed by atoms with Crippen LogP contribution < -0.4 is 5.56 Å². The Morgan fingerprint density at radius 1 is 1.83 bits per heavy atom. The maximum atomic E-state index is 11.0. The fourth-order valence-electron chi connectivity index (χ4n) is 0.606. The molecule has 0 bridgehead atoms. The first-order valence-electron chi connectivity index (χ1n) is 2.97. The van der Waals surface area contributed by atoms with Gasteiger partial charge in [0, 0.05) is 11.0 Å². The molecule has 1 rings (SSSR count). The molecule has 0 aliphatic carbocycles. The van der Waals surface area contributed by atoms with Gasteiger partial charge in [-0.05, 0) is 5.53 Å². The van der Waals surface area contributed by atoms with Gasteiger partial charge in [-0.15, -0.1) is 0 Å². The quantitative estimate of drug-likeness (QED) is 0.300. The summed E-state index contributed by atoms with van der Waals surface area (Å²) in [6.07, 6.45) is 1.22. The zero-order chi connectivity index (χ0) is 8.97. The van der Waals surface area contributed by atoms with Crippen molar-refractivity contribution in [3.05, 3.63) is 38.3 Å². The molecule has 0 N–H and O–H groups in total. The molecular weight excluding hydrogens is 182 g/mol. The minimum atomic E-state index is -0.345. The normalized spacial score (nSPS) is 9.08. The van der Waals surface area contributed by atoms with E-state index in [1.54, 1.807) is 0 Å². The van der Waals surface area contributed by atoms with Crippen molar-refractivity contribution in [2.24, 2.45) is 5.11 Å². The van der Waals surface area contributed by atoms with Gasteiger partial charge in [-0.3, -0.25) is 9.36 Å². The monoisotopic (exact) mass is 185 g/mol. The molecule has 0 spiro atoms. The largest absolute Gasteiger partial charge is 0.293 e. The van der Waals surface area contributed by atoms with Crippen LogP contribution in [0, 0.1) is 0 Å². The van der Waals surface area contributed by atoms with Crippen LogP contribution in [0.15, 0.2) is 22.3 Å². The second-order valence-electron chi connectivity index (χ2n) is 1.89. The molecule has 0 aliphatic heterocycles. The van der Waals surface area contributed by atoms with Gasteiger partial charge >= 0.3 is 0 Å². The number of azide groups is 1. The van der Waals surface area contributed by atoms with E-state index in [1.807, 2.05) is 0 Å². The van der Waals surface area contributed by atoms with Crippen LogP contribution >= 0.6 is 11.6 Å². The second kappa shape index (κ2) is 3.75. The zero-order valence-electron chi connectivity index (χ0n) is 5.88. The van der Waals surface area contributed by atoms with E-state index in [-0.39, 0.29) is 17.4 Å². The predicted molar refractivity (Wildman–Crippen MR) is 42.7 cm³/mol. The highest BCUT2D eigenvalue weighted by Gasteiger charge is 1.94. The lowest BCUT2D eigenvalue weighted by molar-refractivity contribution is 0.678. The summed E-state index contributed by atoms with van der Waals surface area (Å²) in [4.78, 5) is 17.1. The molecule has 1 aromatic heterocycles.